The summed E-state index contributed by atoms with van der Waals surface area (Å²) in [6.45, 7) is 6.16. The Hall–Kier alpha value is -1.43. The van der Waals surface area contributed by atoms with E-state index in [1.165, 1.54) is 6.42 Å². The van der Waals surface area contributed by atoms with Gasteiger partial charge in [0.25, 0.3) is 0 Å². The summed E-state index contributed by atoms with van der Waals surface area (Å²) in [4.78, 5) is 18.2. The molecule has 6 nitrogen and oxygen atoms in total. The quantitative estimate of drug-likeness (QED) is 0.857. The van der Waals surface area contributed by atoms with Crippen molar-refractivity contribution in [2.24, 2.45) is 0 Å². The number of nitrogens with zero attached hydrogens (tertiary/aromatic N) is 3. The minimum absolute atomic E-state index is 0.147. The average Bonchev–Trinajstić information content (AvgIpc) is 2.84. The molecule has 1 atom stereocenters. The fourth-order valence-electron chi connectivity index (χ4n) is 2.32. The Kier molecular flexibility index (Phi) is 4.90. The molecular weight excluding hydrogens is 244 g/mol. The Morgan fingerprint density at radius 1 is 1.42 bits per heavy atom. The molecule has 1 fully saturated rings. The van der Waals surface area contributed by atoms with Crippen LogP contribution in [0.4, 0.5) is 0 Å². The predicted octanol–water partition coefficient (Wildman–Crippen LogP) is 0.911. The number of amides is 1. The highest BCUT2D eigenvalue weighted by atomic mass is 16.5. The van der Waals surface area contributed by atoms with E-state index in [0.717, 1.165) is 25.9 Å². The lowest BCUT2D eigenvalue weighted by molar-refractivity contribution is -0.133. The highest BCUT2D eigenvalue weighted by molar-refractivity contribution is 5.81. The highest BCUT2D eigenvalue weighted by Crippen LogP contribution is 2.09. The van der Waals surface area contributed by atoms with Gasteiger partial charge in [-0.3, -0.25) is 4.79 Å². The normalized spacial score (nSPS) is 17.5. The molecule has 2 heterocycles. The maximum absolute atomic E-state index is 12.2. The van der Waals surface area contributed by atoms with E-state index in [0.29, 0.717) is 24.7 Å². The second kappa shape index (κ2) is 6.65. The van der Waals surface area contributed by atoms with Gasteiger partial charge in [0, 0.05) is 33.0 Å². The number of hydrogen-bond donors (Lipinski definition) is 1. The summed E-state index contributed by atoms with van der Waals surface area (Å²) in [5.74, 6) is 1.46. The summed E-state index contributed by atoms with van der Waals surface area (Å²) in [6, 6.07) is -0.147. The molecule has 1 saturated heterocycles. The zero-order valence-corrected chi connectivity index (χ0v) is 11.7. The molecule has 6 heteroatoms. The number of hydrogen-bond acceptors (Lipinski definition) is 5. The van der Waals surface area contributed by atoms with Crippen LogP contribution in [0.25, 0.3) is 0 Å². The average molecular weight is 266 g/mol. The SMILES string of the molecule is Cc1nc(CCNC(C)C(=O)N2CCCCC2)no1. The Bertz CT molecular complexity index is 413. The van der Waals surface area contributed by atoms with Crippen LogP contribution in [0.5, 0.6) is 0 Å². The van der Waals surface area contributed by atoms with Crippen molar-refractivity contribution < 1.29 is 9.32 Å². The smallest absolute Gasteiger partial charge is 0.239 e. The predicted molar refractivity (Wildman–Crippen MR) is 70.6 cm³/mol. The lowest BCUT2D eigenvalue weighted by atomic mass is 10.1. The van der Waals surface area contributed by atoms with Gasteiger partial charge in [-0.2, -0.15) is 4.98 Å². The van der Waals surface area contributed by atoms with Crippen LogP contribution in [0, 0.1) is 6.92 Å². The monoisotopic (exact) mass is 266 g/mol. The molecule has 1 amide bonds. The van der Waals surface area contributed by atoms with E-state index in [4.69, 9.17) is 4.52 Å². The zero-order chi connectivity index (χ0) is 13.7. The largest absolute Gasteiger partial charge is 0.341 e. The van der Waals surface area contributed by atoms with E-state index in [2.05, 4.69) is 15.5 Å². The van der Waals surface area contributed by atoms with E-state index in [1.807, 2.05) is 11.8 Å². The summed E-state index contributed by atoms with van der Waals surface area (Å²) >= 11 is 0. The van der Waals surface area contributed by atoms with E-state index in [9.17, 15) is 4.79 Å². The first-order valence-electron chi connectivity index (χ1n) is 6.98. The van der Waals surface area contributed by atoms with E-state index < -0.39 is 0 Å². The first-order chi connectivity index (χ1) is 9.16. The number of nitrogens with one attached hydrogen (secondary N) is 1. The molecule has 1 aromatic heterocycles. The van der Waals surface area contributed by atoms with Crippen LogP contribution in [-0.4, -0.2) is 46.6 Å². The van der Waals surface area contributed by atoms with Gasteiger partial charge < -0.3 is 14.7 Å². The molecule has 0 spiro atoms. The van der Waals surface area contributed by atoms with Crippen molar-refractivity contribution >= 4 is 5.91 Å². The van der Waals surface area contributed by atoms with E-state index in [-0.39, 0.29) is 11.9 Å². The lowest BCUT2D eigenvalue weighted by Crippen LogP contribution is -2.47. The van der Waals surface area contributed by atoms with Crippen molar-refractivity contribution in [1.82, 2.24) is 20.4 Å². The first-order valence-corrected chi connectivity index (χ1v) is 6.98. The standard InChI is InChI=1S/C13H22N4O2/c1-10(13(18)17-8-4-3-5-9-17)14-7-6-12-15-11(2)19-16-12/h10,14H,3-9H2,1-2H3. The second-order valence-corrected chi connectivity index (χ2v) is 5.04. The van der Waals surface area contributed by atoms with Crippen LogP contribution >= 0.6 is 0 Å². The second-order valence-electron chi connectivity index (χ2n) is 5.04. The maximum Gasteiger partial charge on any atom is 0.239 e. The van der Waals surface area contributed by atoms with Gasteiger partial charge in [0.05, 0.1) is 6.04 Å². The molecule has 1 unspecified atom stereocenters. The molecule has 19 heavy (non-hydrogen) atoms. The Labute approximate surface area is 113 Å². The summed E-state index contributed by atoms with van der Waals surface area (Å²) in [7, 11) is 0. The number of aromatic nitrogens is 2. The van der Waals surface area contributed by atoms with Gasteiger partial charge in [-0.05, 0) is 26.2 Å². The summed E-state index contributed by atoms with van der Waals surface area (Å²) in [5.41, 5.74) is 0. The van der Waals surface area contributed by atoms with Crippen molar-refractivity contribution in [3.05, 3.63) is 11.7 Å². The van der Waals surface area contributed by atoms with Gasteiger partial charge in [-0.1, -0.05) is 5.16 Å². The maximum atomic E-state index is 12.2. The zero-order valence-electron chi connectivity index (χ0n) is 11.7. The molecule has 0 saturated carbocycles. The lowest BCUT2D eigenvalue weighted by Gasteiger charge is -2.29. The molecular formula is C13H22N4O2. The fraction of sp³-hybridized carbons (Fsp3) is 0.769. The van der Waals surface area contributed by atoms with Gasteiger partial charge in [-0.15, -0.1) is 0 Å². The van der Waals surface area contributed by atoms with Crippen LogP contribution < -0.4 is 5.32 Å². The topological polar surface area (TPSA) is 71.3 Å². The van der Waals surface area contributed by atoms with Crippen molar-refractivity contribution in [2.45, 2.75) is 45.6 Å². The summed E-state index contributed by atoms with van der Waals surface area (Å²) in [6.07, 6.45) is 4.17. The molecule has 0 bridgehead atoms. The molecule has 1 aliphatic rings. The molecule has 1 aliphatic heterocycles. The number of carbonyl (C=O) groups is 1. The van der Waals surface area contributed by atoms with Crippen molar-refractivity contribution in [2.75, 3.05) is 19.6 Å². The van der Waals surface area contributed by atoms with Crippen molar-refractivity contribution in [3.8, 4) is 0 Å². The number of carbonyl (C=O) groups excluding carboxylic acids is 1. The van der Waals surface area contributed by atoms with Crippen LogP contribution in [0.15, 0.2) is 4.52 Å². The molecule has 2 rings (SSSR count). The number of likely N-dealkylation sites (tertiary alicyclic amines) is 1. The minimum atomic E-state index is -0.147. The molecule has 1 aromatic rings. The van der Waals surface area contributed by atoms with Crippen LogP contribution in [0.2, 0.25) is 0 Å². The number of aryl methyl sites for hydroxylation is 1. The molecule has 1 N–H and O–H groups in total. The Morgan fingerprint density at radius 3 is 2.79 bits per heavy atom. The van der Waals surface area contributed by atoms with Gasteiger partial charge in [0.1, 0.15) is 0 Å². The third kappa shape index (κ3) is 4.02. The Morgan fingerprint density at radius 2 is 2.16 bits per heavy atom. The minimum Gasteiger partial charge on any atom is -0.341 e. The van der Waals surface area contributed by atoms with Crippen LogP contribution in [0.1, 0.15) is 37.9 Å². The Balaban J connectivity index is 1.71. The molecule has 0 aromatic carbocycles. The van der Waals surface area contributed by atoms with Gasteiger partial charge >= 0.3 is 0 Å². The summed E-state index contributed by atoms with van der Waals surface area (Å²) < 4.78 is 4.90. The van der Waals surface area contributed by atoms with Crippen molar-refractivity contribution in [3.63, 3.8) is 0 Å². The van der Waals surface area contributed by atoms with Gasteiger partial charge in [0.2, 0.25) is 11.8 Å². The van der Waals surface area contributed by atoms with Crippen LogP contribution in [0.3, 0.4) is 0 Å². The van der Waals surface area contributed by atoms with Crippen molar-refractivity contribution in [1.29, 1.82) is 0 Å². The van der Waals surface area contributed by atoms with Gasteiger partial charge in [-0.25, -0.2) is 0 Å². The summed E-state index contributed by atoms with van der Waals surface area (Å²) in [5, 5.41) is 7.05. The third-order valence-electron chi connectivity index (χ3n) is 3.41. The molecule has 0 radical (unpaired) electrons. The van der Waals surface area contributed by atoms with Gasteiger partial charge in [0.15, 0.2) is 5.82 Å². The van der Waals surface area contributed by atoms with Crippen LogP contribution in [-0.2, 0) is 11.2 Å². The number of piperidine rings is 1. The fourth-order valence-corrected chi connectivity index (χ4v) is 2.32. The van der Waals surface area contributed by atoms with E-state index >= 15 is 0 Å². The third-order valence-corrected chi connectivity index (χ3v) is 3.41. The highest BCUT2D eigenvalue weighted by Gasteiger charge is 2.21. The number of rotatable bonds is 5. The first kappa shape index (κ1) is 14.0. The molecule has 106 valence electrons. The molecule has 0 aliphatic carbocycles. The van der Waals surface area contributed by atoms with E-state index in [1.54, 1.807) is 6.92 Å².